The molecule has 2 aromatic heterocycles. The Labute approximate surface area is 125 Å². The summed E-state index contributed by atoms with van der Waals surface area (Å²) in [6, 6.07) is 3.06. The summed E-state index contributed by atoms with van der Waals surface area (Å²) in [6.45, 7) is 3.75. The fourth-order valence-corrected chi connectivity index (χ4v) is 2.48. The number of aromatic amines is 1. The largest absolute Gasteiger partial charge is 0.478 e. The number of carbonyl (C=O) groups is 1. The molecule has 2 N–H and O–H groups in total. The molecule has 0 saturated carbocycles. The Bertz CT molecular complexity index is 960. The highest BCUT2D eigenvalue weighted by molar-refractivity contribution is 6.05. The zero-order valence-corrected chi connectivity index (χ0v) is 12.0. The first-order valence-electron chi connectivity index (χ1n) is 6.67. The summed E-state index contributed by atoms with van der Waals surface area (Å²) < 4.78 is 0. The second kappa shape index (κ2) is 5.07. The number of aromatic carboxylic acids is 1. The van der Waals surface area contributed by atoms with Crippen molar-refractivity contribution in [2.45, 2.75) is 13.8 Å². The predicted molar refractivity (Wildman–Crippen MR) is 82.0 cm³/mol. The van der Waals surface area contributed by atoms with Crippen molar-refractivity contribution >= 4 is 17.0 Å². The third-order valence-corrected chi connectivity index (χ3v) is 3.74. The number of H-pyrrole nitrogens is 1. The van der Waals surface area contributed by atoms with E-state index in [1.54, 1.807) is 12.3 Å². The van der Waals surface area contributed by atoms with Crippen LogP contribution in [0.2, 0.25) is 0 Å². The summed E-state index contributed by atoms with van der Waals surface area (Å²) in [6.07, 6.45) is 4.57. The van der Waals surface area contributed by atoms with Gasteiger partial charge in [0.2, 0.25) is 0 Å². The highest BCUT2D eigenvalue weighted by atomic mass is 16.4. The van der Waals surface area contributed by atoms with Crippen molar-refractivity contribution < 1.29 is 9.90 Å². The van der Waals surface area contributed by atoms with Crippen LogP contribution in [0.4, 0.5) is 0 Å². The van der Waals surface area contributed by atoms with E-state index in [1.807, 2.05) is 13.8 Å². The van der Waals surface area contributed by atoms with E-state index in [1.165, 1.54) is 18.5 Å². The quantitative estimate of drug-likeness (QED) is 0.756. The van der Waals surface area contributed by atoms with E-state index in [9.17, 15) is 14.7 Å². The third kappa shape index (κ3) is 2.05. The average molecular weight is 295 g/mol. The van der Waals surface area contributed by atoms with Crippen LogP contribution in [0.3, 0.4) is 0 Å². The number of nitrogens with zero attached hydrogens (tertiary/aromatic N) is 2. The van der Waals surface area contributed by atoms with Gasteiger partial charge >= 0.3 is 5.97 Å². The van der Waals surface area contributed by atoms with Crippen LogP contribution in [0.1, 0.15) is 21.5 Å². The number of hydrogen-bond acceptors (Lipinski definition) is 4. The normalized spacial score (nSPS) is 10.8. The Morgan fingerprint density at radius 1 is 1.14 bits per heavy atom. The van der Waals surface area contributed by atoms with Crippen LogP contribution in [0.15, 0.2) is 35.5 Å². The molecule has 0 bridgehead atoms. The number of fused-ring (bicyclic) bond motifs is 1. The van der Waals surface area contributed by atoms with Gasteiger partial charge in [0.15, 0.2) is 0 Å². The Hall–Kier alpha value is -3.02. The second-order valence-corrected chi connectivity index (χ2v) is 5.02. The van der Waals surface area contributed by atoms with Crippen molar-refractivity contribution in [1.29, 1.82) is 0 Å². The molecule has 0 atom stereocenters. The van der Waals surface area contributed by atoms with Gasteiger partial charge in [0.25, 0.3) is 5.56 Å². The minimum Gasteiger partial charge on any atom is -0.478 e. The van der Waals surface area contributed by atoms with Gasteiger partial charge in [-0.1, -0.05) is 6.07 Å². The molecule has 22 heavy (non-hydrogen) atoms. The Morgan fingerprint density at radius 2 is 1.82 bits per heavy atom. The predicted octanol–water partition coefficient (Wildman–Crippen LogP) is 2.30. The van der Waals surface area contributed by atoms with Crippen molar-refractivity contribution in [3.8, 4) is 11.1 Å². The third-order valence-electron chi connectivity index (χ3n) is 3.74. The topological polar surface area (TPSA) is 95.9 Å². The fraction of sp³-hybridized carbons (Fsp3) is 0.125. The van der Waals surface area contributed by atoms with E-state index in [0.29, 0.717) is 16.6 Å². The first-order chi connectivity index (χ1) is 10.5. The number of carboxylic acid groups (broad SMARTS) is 1. The maximum atomic E-state index is 12.2. The number of carboxylic acids is 1. The van der Waals surface area contributed by atoms with Gasteiger partial charge in [0, 0.05) is 24.2 Å². The maximum absolute atomic E-state index is 12.2. The summed E-state index contributed by atoms with van der Waals surface area (Å²) in [4.78, 5) is 34.6. The molecule has 110 valence electrons. The highest BCUT2D eigenvalue weighted by Gasteiger charge is 2.18. The van der Waals surface area contributed by atoms with Gasteiger partial charge in [0.05, 0.1) is 16.6 Å². The number of rotatable bonds is 2. The first-order valence-corrected chi connectivity index (χ1v) is 6.67. The zero-order chi connectivity index (χ0) is 15.9. The molecule has 6 heteroatoms. The van der Waals surface area contributed by atoms with Gasteiger partial charge in [-0.05, 0) is 31.0 Å². The van der Waals surface area contributed by atoms with E-state index in [2.05, 4.69) is 15.0 Å². The van der Waals surface area contributed by atoms with Crippen LogP contribution >= 0.6 is 0 Å². The van der Waals surface area contributed by atoms with Gasteiger partial charge < -0.3 is 10.1 Å². The summed E-state index contributed by atoms with van der Waals surface area (Å²) >= 11 is 0. The Kier molecular flexibility index (Phi) is 3.21. The first kappa shape index (κ1) is 13.9. The molecule has 0 aliphatic rings. The van der Waals surface area contributed by atoms with Crippen LogP contribution < -0.4 is 5.56 Å². The SMILES string of the molecule is Cc1c[nH]c(=O)c(-c2ccc(C(=O)O)c3nccnc23)c1C. The van der Waals surface area contributed by atoms with Gasteiger partial charge in [-0.25, -0.2) is 4.79 Å². The zero-order valence-electron chi connectivity index (χ0n) is 12.0. The maximum Gasteiger partial charge on any atom is 0.337 e. The minimum absolute atomic E-state index is 0.0635. The van der Waals surface area contributed by atoms with E-state index in [-0.39, 0.29) is 16.6 Å². The number of hydrogen-bond donors (Lipinski definition) is 2. The fourth-order valence-electron chi connectivity index (χ4n) is 2.48. The molecule has 0 unspecified atom stereocenters. The molecule has 6 nitrogen and oxygen atoms in total. The standard InChI is InChI=1S/C16H13N3O3/c1-8-7-19-15(20)12(9(8)2)10-3-4-11(16(21)22)14-13(10)17-5-6-18-14/h3-7H,1-2H3,(H,19,20)(H,21,22). The minimum atomic E-state index is -1.08. The molecule has 3 rings (SSSR count). The van der Waals surface area contributed by atoms with Crippen LogP contribution in [-0.2, 0) is 0 Å². The second-order valence-electron chi connectivity index (χ2n) is 5.02. The summed E-state index contributed by atoms with van der Waals surface area (Å²) in [5.41, 5.74) is 3.34. The summed E-state index contributed by atoms with van der Waals surface area (Å²) in [5.74, 6) is -1.08. The molecule has 0 saturated heterocycles. The lowest BCUT2D eigenvalue weighted by Gasteiger charge is -2.10. The van der Waals surface area contributed by atoms with E-state index >= 15 is 0 Å². The van der Waals surface area contributed by atoms with Crippen molar-refractivity contribution in [2.75, 3.05) is 0 Å². The van der Waals surface area contributed by atoms with E-state index in [0.717, 1.165) is 11.1 Å². The van der Waals surface area contributed by atoms with Crippen molar-refractivity contribution in [3.63, 3.8) is 0 Å². The summed E-state index contributed by atoms with van der Waals surface area (Å²) in [7, 11) is 0. The van der Waals surface area contributed by atoms with Crippen molar-refractivity contribution in [1.82, 2.24) is 15.0 Å². The lowest BCUT2D eigenvalue weighted by Crippen LogP contribution is -2.12. The molecule has 0 amide bonds. The van der Waals surface area contributed by atoms with Crippen molar-refractivity contribution in [2.24, 2.45) is 0 Å². The number of benzene rings is 1. The van der Waals surface area contributed by atoms with Gasteiger partial charge in [-0.3, -0.25) is 14.8 Å². The van der Waals surface area contributed by atoms with Crippen LogP contribution in [0, 0.1) is 13.8 Å². The molecule has 0 fully saturated rings. The van der Waals surface area contributed by atoms with Gasteiger partial charge in [0.1, 0.15) is 5.52 Å². The number of pyridine rings is 1. The molecular formula is C16H13N3O3. The van der Waals surface area contributed by atoms with E-state index < -0.39 is 5.97 Å². The highest BCUT2D eigenvalue weighted by Crippen LogP contribution is 2.29. The average Bonchev–Trinajstić information content (AvgIpc) is 2.51. The monoisotopic (exact) mass is 295 g/mol. The van der Waals surface area contributed by atoms with Crippen LogP contribution in [0.5, 0.6) is 0 Å². The lowest BCUT2D eigenvalue weighted by atomic mass is 9.97. The molecular weight excluding hydrogens is 282 g/mol. The lowest BCUT2D eigenvalue weighted by molar-refractivity contribution is 0.0699. The molecule has 0 spiro atoms. The molecule has 0 aliphatic heterocycles. The Morgan fingerprint density at radius 3 is 2.50 bits per heavy atom. The number of aryl methyl sites for hydroxylation is 1. The molecule has 1 aromatic carbocycles. The summed E-state index contributed by atoms with van der Waals surface area (Å²) in [5, 5.41) is 9.26. The molecule has 2 heterocycles. The Balaban J connectivity index is 2.45. The van der Waals surface area contributed by atoms with Crippen molar-refractivity contribution in [3.05, 3.63) is 57.8 Å². The number of aromatic nitrogens is 3. The number of nitrogens with one attached hydrogen (secondary N) is 1. The van der Waals surface area contributed by atoms with Gasteiger partial charge in [-0.2, -0.15) is 0 Å². The van der Waals surface area contributed by atoms with E-state index in [4.69, 9.17) is 0 Å². The van der Waals surface area contributed by atoms with Crippen LogP contribution in [-0.4, -0.2) is 26.0 Å². The smallest absolute Gasteiger partial charge is 0.337 e. The molecule has 0 aliphatic carbocycles. The van der Waals surface area contributed by atoms with Crippen LogP contribution in [0.25, 0.3) is 22.2 Å². The molecule has 3 aromatic rings. The molecule has 0 radical (unpaired) electrons. The van der Waals surface area contributed by atoms with Gasteiger partial charge in [-0.15, -0.1) is 0 Å².